The maximum absolute atomic E-state index is 10.2. The molecule has 4 heteroatoms. The second-order valence-electron chi connectivity index (χ2n) is 6.84. The Balaban J connectivity index is 1.83. The summed E-state index contributed by atoms with van der Waals surface area (Å²) in [5.74, 6) is 0.596. The zero-order valence-electron chi connectivity index (χ0n) is 13.2. The fraction of sp³-hybridized carbons (Fsp3) is 1.00. The van der Waals surface area contributed by atoms with Crippen LogP contribution in [0.3, 0.4) is 0 Å². The summed E-state index contributed by atoms with van der Waals surface area (Å²) in [6.45, 7) is 10.3. The zero-order chi connectivity index (χ0) is 14.4. The molecule has 2 fully saturated rings. The van der Waals surface area contributed by atoms with Crippen LogP contribution in [-0.4, -0.2) is 61.0 Å². The van der Waals surface area contributed by atoms with Crippen molar-refractivity contribution >= 4 is 0 Å². The third kappa shape index (κ3) is 4.99. The fourth-order valence-corrected chi connectivity index (χ4v) is 3.41. The van der Waals surface area contributed by atoms with E-state index in [1.54, 1.807) is 0 Å². The van der Waals surface area contributed by atoms with Crippen LogP contribution in [0.5, 0.6) is 0 Å². The minimum atomic E-state index is -0.461. The van der Waals surface area contributed by atoms with Crippen LogP contribution < -0.4 is 5.32 Å². The summed E-state index contributed by atoms with van der Waals surface area (Å²) in [6, 6.07) is 0.604. The van der Waals surface area contributed by atoms with Crippen molar-refractivity contribution in [2.75, 3.05) is 39.4 Å². The van der Waals surface area contributed by atoms with E-state index in [0.29, 0.717) is 12.0 Å². The summed E-state index contributed by atoms with van der Waals surface area (Å²) in [4.78, 5) is 2.53. The third-order valence-corrected chi connectivity index (χ3v) is 4.78. The van der Waals surface area contributed by atoms with E-state index in [9.17, 15) is 5.11 Å². The van der Waals surface area contributed by atoms with Gasteiger partial charge in [0, 0.05) is 31.7 Å². The molecular formula is C16H32N2O2. The van der Waals surface area contributed by atoms with Crippen molar-refractivity contribution in [3.8, 4) is 0 Å². The molecule has 0 aromatic rings. The number of hydrogen-bond donors (Lipinski definition) is 2. The summed E-state index contributed by atoms with van der Waals surface area (Å²) >= 11 is 0. The average molecular weight is 284 g/mol. The molecule has 0 saturated carbocycles. The Labute approximate surface area is 123 Å². The van der Waals surface area contributed by atoms with Gasteiger partial charge in [0.1, 0.15) is 0 Å². The monoisotopic (exact) mass is 284 g/mol. The summed E-state index contributed by atoms with van der Waals surface area (Å²) in [5, 5.41) is 13.9. The molecule has 20 heavy (non-hydrogen) atoms. The SMILES string of the molecule is CCCNC1CCOCC1CN1CCCC(C)(O)CC1. The quantitative estimate of drug-likeness (QED) is 0.805. The van der Waals surface area contributed by atoms with Gasteiger partial charge in [-0.05, 0) is 52.1 Å². The third-order valence-electron chi connectivity index (χ3n) is 4.78. The van der Waals surface area contributed by atoms with Crippen molar-refractivity contribution in [2.45, 2.75) is 57.6 Å². The minimum absolute atomic E-state index is 0.461. The van der Waals surface area contributed by atoms with Gasteiger partial charge in [0.25, 0.3) is 0 Å². The van der Waals surface area contributed by atoms with Gasteiger partial charge in [-0.1, -0.05) is 6.92 Å². The van der Waals surface area contributed by atoms with Gasteiger partial charge >= 0.3 is 0 Å². The molecule has 0 aromatic heterocycles. The van der Waals surface area contributed by atoms with Crippen molar-refractivity contribution in [1.82, 2.24) is 10.2 Å². The highest BCUT2D eigenvalue weighted by molar-refractivity contribution is 4.85. The first-order valence-electron chi connectivity index (χ1n) is 8.36. The molecule has 2 rings (SSSR count). The molecule has 0 bridgehead atoms. The van der Waals surface area contributed by atoms with E-state index in [0.717, 1.165) is 65.1 Å². The molecule has 0 aromatic carbocycles. The summed E-state index contributed by atoms with van der Waals surface area (Å²) in [7, 11) is 0. The highest BCUT2D eigenvalue weighted by atomic mass is 16.5. The smallest absolute Gasteiger partial charge is 0.0632 e. The van der Waals surface area contributed by atoms with E-state index in [1.807, 2.05) is 6.92 Å². The van der Waals surface area contributed by atoms with Crippen LogP contribution >= 0.6 is 0 Å². The standard InChI is InChI=1S/C16H32N2O2/c1-3-8-17-15-5-11-20-13-14(15)12-18-9-4-6-16(2,19)7-10-18/h14-15,17,19H,3-13H2,1-2H3. The number of likely N-dealkylation sites (tertiary alicyclic amines) is 1. The Kier molecular flexibility index (Phi) is 6.27. The van der Waals surface area contributed by atoms with Crippen LogP contribution in [-0.2, 0) is 4.74 Å². The van der Waals surface area contributed by atoms with Crippen molar-refractivity contribution < 1.29 is 9.84 Å². The molecular weight excluding hydrogens is 252 g/mol. The molecule has 2 heterocycles. The normalized spacial score (nSPS) is 36.8. The van der Waals surface area contributed by atoms with Gasteiger partial charge in [0.2, 0.25) is 0 Å². The molecule has 2 saturated heterocycles. The van der Waals surface area contributed by atoms with Crippen LogP contribution in [0.1, 0.15) is 46.0 Å². The second-order valence-corrected chi connectivity index (χ2v) is 6.84. The molecule has 2 aliphatic rings. The number of aliphatic hydroxyl groups is 1. The first-order valence-corrected chi connectivity index (χ1v) is 8.36. The zero-order valence-corrected chi connectivity index (χ0v) is 13.2. The molecule has 0 spiro atoms. The van der Waals surface area contributed by atoms with Crippen molar-refractivity contribution in [3.05, 3.63) is 0 Å². The van der Waals surface area contributed by atoms with Gasteiger partial charge in [-0.15, -0.1) is 0 Å². The number of hydrogen-bond acceptors (Lipinski definition) is 4. The molecule has 0 amide bonds. The number of nitrogens with zero attached hydrogens (tertiary/aromatic N) is 1. The Bertz CT molecular complexity index is 284. The number of ether oxygens (including phenoxy) is 1. The van der Waals surface area contributed by atoms with Gasteiger partial charge in [-0.2, -0.15) is 0 Å². The Morgan fingerprint density at radius 3 is 3.00 bits per heavy atom. The summed E-state index contributed by atoms with van der Waals surface area (Å²) < 4.78 is 5.69. The van der Waals surface area contributed by atoms with E-state index in [1.165, 1.54) is 6.42 Å². The van der Waals surface area contributed by atoms with Crippen molar-refractivity contribution in [2.24, 2.45) is 5.92 Å². The van der Waals surface area contributed by atoms with Gasteiger partial charge < -0.3 is 20.1 Å². The fourth-order valence-electron chi connectivity index (χ4n) is 3.41. The summed E-state index contributed by atoms with van der Waals surface area (Å²) in [6.07, 6.45) is 5.26. The van der Waals surface area contributed by atoms with E-state index < -0.39 is 5.60 Å². The van der Waals surface area contributed by atoms with E-state index in [4.69, 9.17) is 4.74 Å². The van der Waals surface area contributed by atoms with Crippen LogP contribution in [0, 0.1) is 5.92 Å². The number of nitrogens with one attached hydrogen (secondary N) is 1. The van der Waals surface area contributed by atoms with Gasteiger partial charge in [-0.25, -0.2) is 0 Å². The lowest BCUT2D eigenvalue weighted by atomic mass is 9.94. The van der Waals surface area contributed by atoms with Crippen molar-refractivity contribution in [3.63, 3.8) is 0 Å². The molecule has 2 N–H and O–H groups in total. The van der Waals surface area contributed by atoms with Crippen LogP contribution in [0.25, 0.3) is 0 Å². The van der Waals surface area contributed by atoms with Gasteiger partial charge in [-0.3, -0.25) is 0 Å². The molecule has 2 aliphatic heterocycles. The molecule has 118 valence electrons. The Morgan fingerprint density at radius 2 is 2.20 bits per heavy atom. The Morgan fingerprint density at radius 1 is 1.35 bits per heavy atom. The van der Waals surface area contributed by atoms with E-state index in [-0.39, 0.29) is 0 Å². The first-order chi connectivity index (χ1) is 9.61. The highest BCUT2D eigenvalue weighted by Crippen LogP contribution is 2.23. The lowest BCUT2D eigenvalue weighted by Crippen LogP contribution is -2.48. The molecule has 3 atom stereocenters. The lowest BCUT2D eigenvalue weighted by Gasteiger charge is -2.36. The average Bonchev–Trinajstić information content (AvgIpc) is 2.59. The first kappa shape index (κ1) is 16.2. The minimum Gasteiger partial charge on any atom is -0.390 e. The van der Waals surface area contributed by atoms with E-state index >= 15 is 0 Å². The maximum Gasteiger partial charge on any atom is 0.0632 e. The highest BCUT2D eigenvalue weighted by Gasteiger charge is 2.30. The van der Waals surface area contributed by atoms with Crippen LogP contribution in [0.15, 0.2) is 0 Å². The molecule has 3 unspecified atom stereocenters. The Hall–Kier alpha value is -0.160. The topological polar surface area (TPSA) is 44.7 Å². The maximum atomic E-state index is 10.2. The van der Waals surface area contributed by atoms with Gasteiger partial charge in [0.15, 0.2) is 0 Å². The predicted octanol–water partition coefficient (Wildman–Crippen LogP) is 1.63. The molecule has 0 aliphatic carbocycles. The van der Waals surface area contributed by atoms with Crippen LogP contribution in [0.4, 0.5) is 0 Å². The van der Waals surface area contributed by atoms with E-state index in [2.05, 4.69) is 17.1 Å². The molecule has 0 radical (unpaired) electrons. The second kappa shape index (κ2) is 7.74. The molecule has 4 nitrogen and oxygen atoms in total. The predicted molar refractivity (Wildman–Crippen MR) is 81.9 cm³/mol. The lowest BCUT2D eigenvalue weighted by molar-refractivity contribution is 0.0141. The number of rotatable bonds is 5. The van der Waals surface area contributed by atoms with Crippen LogP contribution in [0.2, 0.25) is 0 Å². The van der Waals surface area contributed by atoms with Crippen molar-refractivity contribution in [1.29, 1.82) is 0 Å². The van der Waals surface area contributed by atoms with Gasteiger partial charge in [0.05, 0.1) is 12.2 Å². The summed E-state index contributed by atoms with van der Waals surface area (Å²) in [5.41, 5.74) is -0.461. The largest absolute Gasteiger partial charge is 0.390 e.